The van der Waals surface area contributed by atoms with E-state index in [1.54, 1.807) is 18.2 Å². The fraction of sp³-hybridized carbons (Fsp3) is 0.632. The van der Waals surface area contributed by atoms with Crippen LogP contribution in [0.4, 0.5) is 16.2 Å². The molecule has 2 rings (SSSR count). The predicted molar refractivity (Wildman–Crippen MR) is 101 cm³/mol. The summed E-state index contributed by atoms with van der Waals surface area (Å²) in [5.41, 5.74) is 0.391. The molecular weight excluding hydrogens is 334 g/mol. The Morgan fingerprint density at radius 2 is 1.81 bits per heavy atom. The average molecular weight is 363 g/mol. The van der Waals surface area contributed by atoms with Crippen molar-refractivity contribution in [3.8, 4) is 0 Å². The number of nitrogens with one attached hydrogen (secondary N) is 2. The summed E-state index contributed by atoms with van der Waals surface area (Å²) < 4.78 is 5.32. The zero-order valence-corrected chi connectivity index (χ0v) is 15.8. The molecule has 1 aliphatic rings. The molecule has 0 aliphatic heterocycles. The van der Waals surface area contributed by atoms with Crippen LogP contribution in [0.5, 0.6) is 0 Å². The van der Waals surface area contributed by atoms with Crippen molar-refractivity contribution in [1.82, 2.24) is 5.32 Å². The number of carbonyl (C=O) groups is 1. The van der Waals surface area contributed by atoms with E-state index >= 15 is 0 Å². The number of rotatable bonds is 6. The van der Waals surface area contributed by atoms with Gasteiger partial charge in [-0.25, -0.2) is 4.79 Å². The topological polar surface area (TPSA) is 93.5 Å². The highest BCUT2D eigenvalue weighted by atomic mass is 16.6. The zero-order valence-electron chi connectivity index (χ0n) is 15.8. The molecule has 0 spiro atoms. The molecule has 0 bridgehead atoms. The number of nitro groups is 1. The molecule has 7 heteroatoms. The second kappa shape index (κ2) is 8.87. The van der Waals surface area contributed by atoms with E-state index in [0.29, 0.717) is 24.1 Å². The van der Waals surface area contributed by atoms with E-state index in [9.17, 15) is 14.9 Å². The summed E-state index contributed by atoms with van der Waals surface area (Å²) in [6.07, 6.45) is 3.71. The molecule has 1 amide bonds. The molecule has 0 atom stereocenters. The number of para-hydroxylation sites is 2. The lowest BCUT2D eigenvalue weighted by Crippen LogP contribution is -2.41. The van der Waals surface area contributed by atoms with Gasteiger partial charge in [-0.05, 0) is 64.4 Å². The maximum absolute atomic E-state index is 11.7. The van der Waals surface area contributed by atoms with Crippen LogP contribution in [0.3, 0.4) is 0 Å². The van der Waals surface area contributed by atoms with Crippen molar-refractivity contribution in [2.75, 3.05) is 18.5 Å². The van der Waals surface area contributed by atoms with Crippen LogP contribution < -0.4 is 10.6 Å². The second-order valence-corrected chi connectivity index (χ2v) is 8.02. The van der Waals surface area contributed by atoms with Crippen molar-refractivity contribution >= 4 is 17.5 Å². The Bertz CT molecular complexity index is 619. The number of hydrogen-bond donors (Lipinski definition) is 2. The monoisotopic (exact) mass is 363 g/mol. The lowest BCUT2D eigenvalue weighted by molar-refractivity contribution is -0.384. The minimum absolute atomic E-state index is 0.111. The number of hydrogen-bond acceptors (Lipinski definition) is 5. The lowest BCUT2D eigenvalue weighted by atomic mass is 9.82. The minimum Gasteiger partial charge on any atom is -0.449 e. The maximum Gasteiger partial charge on any atom is 0.407 e. The van der Waals surface area contributed by atoms with Crippen LogP contribution in [0.1, 0.15) is 46.5 Å². The minimum atomic E-state index is -0.363. The van der Waals surface area contributed by atoms with Crippen molar-refractivity contribution in [2.24, 2.45) is 11.8 Å². The van der Waals surface area contributed by atoms with Crippen LogP contribution in [-0.4, -0.2) is 29.7 Å². The zero-order chi connectivity index (χ0) is 19.2. The molecule has 1 saturated carbocycles. The van der Waals surface area contributed by atoms with Crippen LogP contribution in [-0.2, 0) is 4.74 Å². The third-order valence-electron chi connectivity index (χ3n) is 4.58. The molecule has 0 radical (unpaired) electrons. The summed E-state index contributed by atoms with van der Waals surface area (Å²) in [5, 5.41) is 17.1. The first-order valence-corrected chi connectivity index (χ1v) is 9.17. The lowest BCUT2D eigenvalue weighted by Gasteiger charge is -2.29. The number of nitrogens with zero attached hydrogens (tertiary/aromatic N) is 1. The summed E-state index contributed by atoms with van der Waals surface area (Å²) in [7, 11) is 0. The molecule has 0 heterocycles. The highest BCUT2D eigenvalue weighted by Crippen LogP contribution is 2.30. The molecule has 144 valence electrons. The van der Waals surface area contributed by atoms with Gasteiger partial charge in [0.05, 0.1) is 11.5 Å². The summed E-state index contributed by atoms with van der Waals surface area (Å²) in [6.45, 7) is 6.94. The maximum atomic E-state index is 11.7. The summed E-state index contributed by atoms with van der Waals surface area (Å²) in [6, 6.07) is 6.72. The SMILES string of the molecule is CC(C)(C)NC(=O)OCC1CCC(CNc2ccccc2[N+](=O)[O-])CC1. The van der Waals surface area contributed by atoms with Gasteiger partial charge in [0.25, 0.3) is 5.69 Å². The number of alkyl carbamates (subject to hydrolysis) is 1. The Morgan fingerprint density at radius 3 is 2.42 bits per heavy atom. The van der Waals surface area contributed by atoms with E-state index < -0.39 is 0 Å². The van der Waals surface area contributed by atoms with Gasteiger partial charge in [-0.2, -0.15) is 0 Å². The van der Waals surface area contributed by atoms with E-state index in [0.717, 1.165) is 32.2 Å². The van der Waals surface area contributed by atoms with Gasteiger partial charge in [0, 0.05) is 18.2 Å². The number of benzene rings is 1. The Kier molecular flexibility index (Phi) is 6.83. The van der Waals surface area contributed by atoms with E-state index in [4.69, 9.17) is 4.74 Å². The first kappa shape index (κ1) is 20.0. The Hall–Kier alpha value is -2.31. The molecule has 1 fully saturated rings. The largest absolute Gasteiger partial charge is 0.449 e. The molecule has 0 aromatic heterocycles. The molecule has 26 heavy (non-hydrogen) atoms. The number of nitro benzene ring substituents is 1. The van der Waals surface area contributed by atoms with Gasteiger partial charge in [0.1, 0.15) is 5.69 Å². The van der Waals surface area contributed by atoms with Gasteiger partial charge in [0.15, 0.2) is 0 Å². The smallest absolute Gasteiger partial charge is 0.407 e. The number of amides is 1. The van der Waals surface area contributed by atoms with E-state index in [2.05, 4.69) is 10.6 Å². The third kappa shape index (κ3) is 6.54. The predicted octanol–water partition coefficient (Wildman–Crippen LogP) is 4.34. The number of anilines is 1. The van der Waals surface area contributed by atoms with Crippen LogP contribution in [0.2, 0.25) is 0 Å². The van der Waals surface area contributed by atoms with Gasteiger partial charge >= 0.3 is 6.09 Å². The van der Waals surface area contributed by atoms with Crippen molar-refractivity contribution in [3.05, 3.63) is 34.4 Å². The van der Waals surface area contributed by atoms with Crippen molar-refractivity contribution < 1.29 is 14.5 Å². The molecule has 7 nitrogen and oxygen atoms in total. The molecular formula is C19H29N3O4. The van der Waals surface area contributed by atoms with Crippen LogP contribution in [0, 0.1) is 22.0 Å². The normalized spacial score (nSPS) is 20.3. The van der Waals surface area contributed by atoms with Crippen LogP contribution >= 0.6 is 0 Å². The van der Waals surface area contributed by atoms with Crippen molar-refractivity contribution in [1.29, 1.82) is 0 Å². The summed E-state index contributed by atoms with van der Waals surface area (Å²) in [5.74, 6) is 0.873. The first-order chi connectivity index (χ1) is 12.2. The Labute approximate surface area is 154 Å². The molecule has 1 aliphatic carbocycles. The standard InChI is InChI=1S/C19H29N3O4/c1-19(2,3)21-18(23)26-13-15-10-8-14(9-11-15)12-20-16-6-4-5-7-17(16)22(24)25/h4-7,14-15,20H,8-13H2,1-3H3,(H,21,23). The number of carbonyl (C=O) groups excluding carboxylic acids is 1. The first-order valence-electron chi connectivity index (χ1n) is 9.17. The Balaban J connectivity index is 1.71. The van der Waals surface area contributed by atoms with Crippen molar-refractivity contribution in [3.63, 3.8) is 0 Å². The van der Waals surface area contributed by atoms with E-state index in [-0.39, 0.29) is 22.2 Å². The molecule has 1 aromatic rings. The van der Waals surface area contributed by atoms with Crippen LogP contribution in [0.25, 0.3) is 0 Å². The van der Waals surface area contributed by atoms with E-state index in [1.807, 2.05) is 20.8 Å². The fourth-order valence-corrected chi connectivity index (χ4v) is 3.17. The highest BCUT2D eigenvalue weighted by Gasteiger charge is 2.24. The number of ether oxygens (including phenoxy) is 1. The van der Waals surface area contributed by atoms with Crippen LogP contribution in [0.15, 0.2) is 24.3 Å². The fourth-order valence-electron chi connectivity index (χ4n) is 3.17. The third-order valence-corrected chi connectivity index (χ3v) is 4.58. The van der Waals surface area contributed by atoms with Gasteiger partial charge < -0.3 is 15.4 Å². The quantitative estimate of drug-likeness (QED) is 0.579. The summed E-state index contributed by atoms with van der Waals surface area (Å²) in [4.78, 5) is 22.4. The molecule has 2 N–H and O–H groups in total. The molecule has 1 aromatic carbocycles. The second-order valence-electron chi connectivity index (χ2n) is 8.02. The van der Waals surface area contributed by atoms with E-state index in [1.165, 1.54) is 6.07 Å². The van der Waals surface area contributed by atoms with Gasteiger partial charge in [-0.15, -0.1) is 0 Å². The molecule has 0 unspecified atom stereocenters. The Morgan fingerprint density at radius 1 is 1.19 bits per heavy atom. The van der Waals surface area contributed by atoms with Crippen molar-refractivity contribution in [2.45, 2.75) is 52.0 Å². The van der Waals surface area contributed by atoms with Gasteiger partial charge in [-0.3, -0.25) is 10.1 Å². The molecule has 0 saturated heterocycles. The highest BCUT2D eigenvalue weighted by molar-refractivity contribution is 5.68. The van der Waals surface area contributed by atoms with Gasteiger partial charge in [0.2, 0.25) is 0 Å². The van der Waals surface area contributed by atoms with Gasteiger partial charge in [-0.1, -0.05) is 12.1 Å². The average Bonchev–Trinajstić information content (AvgIpc) is 2.57. The summed E-state index contributed by atoms with van der Waals surface area (Å²) >= 11 is 0.